The highest BCUT2D eigenvalue weighted by molar-refractivity contribution is 8.13. The van der Waals surface area contributed by atoms with E-state index in [1.165, 1.54) is 36.9 Å². The Hall–Kier alpha value is -2.77. The molecule has 0 aromatic carbocycles. The molecule has 1 aromatic heterocycles. The molecule has 0 radical (unpaired) electrons. The zero-order chi connectivity index (χ0) is 30.3. The van der Waals surface area contributed by atoms with Crippen molar-refractivity contribution in [2.45, 2.75) is 84.2 Å². The first kappa shape index (κ1) is 33.4. The van der Waals surface area contributed by atoms with Crippen molar-refractivity contribution in [3.05, 3.63) is 28.2 Å². The number of nitrogens with one attached hydrogen (secondary N) is 3. The van der Waals surface area contributed by atoms with Gasteiger partial charge in [0.25, 0.3) is 5.91 Å². The van der Waals surface area contributed by atoms with E-state index in [-0.39, 0.29) is 35.6 Å². The van der Waals surface area contributed by atoms with Crippen molar-refractivity contribution < 1.29 is 28.7 Å². The number of hydrogen-bond acceptors (Lipinski definition) is 10. The van der Waals surface area contributed by atoms with Crippen molar-refractivity contribution in [2.75, 3.05) is 19.8 Å². The zero-order valence-electron chi connectivity index (χ0n) is 24.5. The summed E-state index contributed by atoms with van der Waals surface area (Å²) in [6.45, 7) is 10.4. The van der Waals surface area contributed by atoms with Crippen LogP contribution in [0.1, 0.15) is 69.9 Å². The van der Waals surface area contributed by atoms with E-state index in [0.29, 0.717) is 17.2 Å². The Morgan fingerprint density at radius 2 is 1.95 bits per heavy atom. The Labute approximate surface area is 244 Å². The van der Waals surface area contributed by atoms with Crippen LogP contribution in [-0.2, 0) is 30.5 Å². The number of nitrogens with zero attached hydrogens (tertiary/aromatic N) is 2. The average molecular weight is 596 g/mol. The molecule has 3 N–H and O–H groups in total. The number of thiazole rings is 1. The number of likely N-dealkylation sites (N-methyl/N-ethyl adjacent to an activating group) is 1. The number of esters is 1. The molecule has 0 saturated carbocycles. The maximum Gasteiger partial charge on any atom is 0.329 e. The molecule has 2 rings (SSSR count). The Morgan fingerprint density at radius 1 is 1.27 bits per heavy atom. The third-order valence-corrected chi connectivity index (χ3v) is 8.61. The Bertz CT molecular complexity index is 1130. The van der Waals surface area contributed by atoms with Crippen LogP contribution in [0.4, 0.5) is 0 Å². The predicted molar refractivity (Wildman–Crippen MR) is 156 cm³/mol. The van der Waals surface area contributed by atoms with E-state index in [9.17, 15) is 24.0 Å². The number of ether oxygens (including phenoxy) is 1. The van der Waals surface area contributed by atoms with E-state index in [4.69, 9.17) is 4.74 Å². The van der Waals surface area contributed by atoms with Crippen molar-refractivity contribution in [3.8, 4) is 0 Å². The van der Waals surface area contributed by atoms with Gasteiger partial charge in [0, 0.05) is 11.1 Å². The number of rotatable bonds is 7. The van der Waals surface area contributed by atoms with Gasteiger partial charge in [0.2, 0.25) is 16.9 Å². The number of fused-ring (bicyclic) bond motifs is 2. The average Bonchev–Trinajstić information content (AvgIpc) is 3.33. The van der Waals surface area contributed by atoms with Crippen LogP contribution in [0.3, 0.4) is 0 Å². The molecule has 0 fully saturated rings. The first-order valence-electron chi connectivity index (χ1n) is 13.1. The van der Waals surface area contributed by atoms with Crippen LogP contribution in [0.5, 0.6) is 0 Å². The summed E-state index contributed by atoms with van der Waals surface area (Å²) in [5, 5.41) is 10.2. The SMILES string of the molecule is CC(C)[C@@H]1NC(=O)C(C)(C)NC(=O)c2csc(n2)CNC(=O)CC(/C=C/CCSC(=O)C(C)(C)N(C)C)OC1=O. The van der Waals surface area contributed by atoms with E-state index < -0.39 is 41.0 Å². The second-order valence-corrected chi connectivity index (χ2v) is 13.2. The standard InChI is InChI=1S/C27H41N5O6S2/c1-16(2)21-23(35)38-17(11-9-10-12-39-25(37)27(5,6)32(7)8)13-19(33)28-14-20-29-18(15-40-20)22(34)31-26(3,4)24(36)30-21/h9,11,15-17,21H,10,12-14H2,1-8H3,(H,28,33)(H,30,36)(H,31,34)/b11-9+/t17?,21-/m0/s1. The summed E-state index contributed by atoms with van der Waals surface area (Å²) in [5.74, 6) is -1.98. The molecule has 222 valence electrons. The fraction of sp³-hybridized carbons (Fsp3) is 0.630. The van der Waals surface area contributed by atoms with Crippen LogP contribution in [0.2, 0.25) is 0 Å². The topological polar surface area (TPSA) is 147 Å². The number of carbonyl (C=O) groups excluding carboxylic acids is 5. The molecule has 11 nitrogen and oxygen atoms in total. The second kappa shape index (κ2) is 14.2. The second-order valence-electron chi connectivity index (χ2n) is 11.2. The van der Waals surface area contributed by atoms with Gasteiger partial charge in [-0.3, -0.25) is 24.1 Å². The van der Waals surface area contributed by atoms with E-state index >= 15 is 0 Å². The summed E-state index contributed by atoms with van der Waals surface area (Å²) in [4.78, 5) is 70.3. The number of aromatic nitrogens is 1. The highest BCUT2D eigenvalue weighted by Crippen LogP contribution is 2.21. The van der Waals surface area contributed by atoms with Gasteiger partial charge in [0.15, 0.2) is 0 Å². The number of hydrogen-bond donors (Lipinski definition) is 3. The zero-order valence-corrected chi connectivity index (χ0v) is 26.1. The molecule has 13 heteroatoms. The van der Waals surface area contributed by atoms with Crippen molar-refractivity contribution in [1.82, 2.24) is 25.8 Å². The minimum Gasteiger partial charge on any atom is -0.456 e. The lowest BCUT2D eigenvalue weighted by atomic mass is 9.99. The Kier molecular flexibility index (Phi) is 11.9. The lowest BCUT2D eigenvalue weighted by Crippen LogP contribution is -2.59. The molecule has 3 amide bonds. The maximum atomic E-state index is 13.2. The Balaban J connectivity index is 2.22. The number of carbonyl (C=O) groups is 5. The minimum absolute atomic E-state index is 0.0430. The molecule has 1 aliphatic heterocycles. The maximum absolute atomic E-state index is 13.2. The number of allylic oxidation sites excluding steroid dienone is 1. The molecule has 1 aromatic rings. The van der Waals surface area contributed by atoms with Crippen LogP contribution in [0, 0.1) is 5.92 Å². The largest absolute Gasteiger partial charge is 0.456 e. The van der Waals surface area contributed by atoms with Crippen molar-refractivity contribution in [2.24, 2.45) is 5.92 Å². The minimum atomic E-state index is -1.34. The molecule has 40 heavy (non-hydrogen) atoms. The van der Waals surface area contributed by atoms with Gasteiger partial charge in [-0.1, -0.05) is 31.7 Å². The third kappa shape index (κ3) is 9.41. The monoisotopic (exact) mass is 595 g/mol. The molecule has 0 spiro atoms. The molecule has 2 heterocycles. The summed E-state index contributed by atoms with van der Waals surface area (Å²) < 4.78 is 5.69. The van der Waals surface area contributed by atoms with Crippen LogP contribution >= 0.6 is 23.1 Å². The Morgan fingerprint density at radius 3 is 2.58 bits per heavy atom. The molecule has 1 unspecified atom stereocenters. The normalized spacial score (nSPS) is 21.2. The molecule has 1 aliphatic rings. The van der Waals surface area contributed by atoms with E-state index in [2.05, 4.69) is 20.9 Å². The highest BCUT2D eigenvalue weighted by atomic mass is 32.2. The van der Waals surface area contributed by atoms with Gasteiger partial charge in [-0.2, -0.15) is 0 Å². The first-order valence-corrected chi connectivity index (χ1v) is 15.0. The first-order chi connectivity index (χ1) is 18.5. The molecule has 0 aliphatic carbocycles. The van der Waals surface area contributed by atoms with Gasteiger partial charge in [0.1, 0.15) is 28.4 Å². The highest BCUT2D eigenvalue weighted by Gasteiger charge is 2.36. The van der Waals surface area contributed by atoms with Crippen LogP contribution < -0.4 is 16.0 Å². The third-order valence-electron chi connectivity index (χ3n) is 6.56. The summed E-state index contributed by atoms with van der Waals surface area (Å²) >= 11 is 2.43. The number of amides is 3. The van der Waals surface area contributed by atoms with Gasteiger partial charge < -0.3 is 20.7 Å². The lowest BCUT2D eigenvalue weighted by Gasteiger charge is -2.30. The van der Waals surface area contributed by atoms with Crippen molar-refractivity contribution in [3.63, 3.8) is 0 Å². The lowest BCUT2D eigenvalue weighted by molar-refractivity contribution is -0.153. The van der Waals surface area contributed by atoms with Crippen molar-refractivity contribution >= 4 is 51.9 Å². The van der Waals surface area contributed by atoms with Gasteiger partial charge in [-0.15, -0.1) is 11.3 Å². The summed E-state index contributed by atoms with van der Waals surface area (Å²) in [7, 11) is 3.71. The van der Waals surface area contributed by atoms with E-state index in [1.54, 1.807) is 31.4 Å². The smallest absolute Gasteiger partial charge is 0.329 e. The summed E-state index contributed by atoms with van der Waals surface area (Å²) in [6, 6.07) is -1.01. The summed E-state index contributed by atoms with van der Waals surface area (Å²) in [5.41, 5.74) is -1.81. The van der Waals surface area contributed by atoms with Crippen LogP contribution in [0.15, 0.2) is 17.5 Å². The van der Waals surface area contributed by atoms with Crippen molar-refractivity contribution in [1.29, 1.82) is 0 Å². The summed E-state index contributed by atoms with van der Waals surface area (Å²) in [6.07, 6.45) is 2.90. The predicted octanol–water partition coefficient (Wildman–Crippen LogP) is 2.27. The molecule has 2 atom stereocenters. The van der Waals surface area contributed by atoms with E-state index in [0.717, 1.165) is 0 Å². The molecular weight excluding hydrogens is 554 g/mol. The fourth-order valence-electron chi connectivity index (χ4n) is 3.35. The molecule has 0 saturated heterocycles. The molecule has 2 bridgehead atoms. The number of thioether (sulfide) groups is 1. The van der Waals surface area contributed by atoms with Crippen LogP contribution in [-0.4, -0.2) is 81.8 Å². The van der Waals surface area contributed by atoms with Gasteiger partial charge in [-0.05, 0) is 60.2 Å². The number of cyclic esters (lactones) is 1. The van der Waals surface area contributed by atoms with E-state index in [1.807, 2.05) is 32.8 Å². The van der Waals surface area contributed by atoms with Gasteiger partial charge in [0.05, 0.1) is 18.5 Å². The van der Waals surface area contributed by atoms with Gasteiger partial charge >= 0.3 is 5.97 Å². The quantitative estimate of drug-likeness (QED) is 0.245. The van der Waals surface area contributed by atoms with Gasteiger partial charge in [-0.25, -0.2) is 9.78 Å². The molecular formula is C27H41N5O6S2. The fourth-order valence-corrected chi connectivity index (χ4v) is 5.04. The van der Waals surface area contributed by atoms with Crippen LogP contribution in [0.25, 0.3) is 0 Å².